The third-order valence-corrected chi connectivity index (χ3v) is 3.70. The van der Waals surface area contributed by atoms with E-state index in [0.717, 1.165) is 31.0 Å². The summed E-state index contributed by atoms with van der Waals surface area (Å²) in [5, 5.41) is 2.68. The molecule has 4 nitrogen and oxygen atoms in total. The first-order chi connectivity index (χ1) is 9.56. The molecule has 0 aromatic heterocycles. The van der Waals surface area contributed by atoms with Gasteiger partial charge in [0.2, 0.25) is 11.8 Å². The molecule has 106 valence electrons. The average molecular weight is 280 g/mol. The minimum atomic E-state index is -0.663. The van der Waals surface area contributed by atoms with Crippen LogP contribution in [0.1, 0.15) is 19.3 Å². The molecule has 6 heteroatoms. The highest BCUT2D eigenvalue weighted by molar-refractivity contribution is 6.01. The molecule has 2 fully saturated rings. The van der Waals surface area contributed by atoms with Crippen molar-refractivity contribution in [3.05, 3.63) is 29.8 Å². The maximum absolute atomic E-state index is 13.8. The van der Waals surface area contributed by atoms with Crippen molar-refractivity contribution in [1.82, 2.24) is 5.32 Å². The Morgan fingerprint density at radius 2 is 1.95 bits per heavy atom. The topological polar surface area (TPSA) is 49.4 Å². The van der Waals surface area contributed by atoms with E-state index < -0.39 is 17.7 Å². The van der Waals surface area contributed by atoms with Gasteiger partial charge in [-0.25, -0.2) is 8.78 Å². The van der Waals surface area contributed by atoms with Crippen LogP contribution < -0.4 is 10.2 Å². The van der Waals surface area contributed by atoms with Crippen molar-refractivity contribution < 1.29 is 18.4 Å². The molecule has 2 aliphatic rings. The predicted molar refractivity (Wildman–Crippen MR) is 68.0 cm³/mol. The van der Waals surface area contributed by atoms with Crippen LogP contribution in [0, 0.1) is 17.6 Å². The summed E-state index contributed by atoms with van der Waals surface area (Å²) >= 11 is 0. The Morgan fingerprint density at radius 3 is 2.65 bits per heavy atom. The van der Waals surface area contributed by atoms with Crippen LogP contribution in [0.3, 0.4) is 0 Å². The number of anilines is 1. The molecule has 1 saturated carbocycles. The van der Waals surface area contributed by atoms with Crippen molar-refractivity contribution in [3.63, 3.8) is 0 Å². The fourth-order valence-corrected chi connectivity index (χ4v) is 2.48. The molecule has 0 radical (unpaired) electrons. The van der Waals surface area contributed by atoms with Crippen LogP contribution >= 0.6 is 0 Å². The maximum Gasteiger partial charge on any atom is 0.249 e. The van der Waals surface area contributed by atoms with Crippen LogP contribution in [0.2, 0.25) is 0 Å². The van der Waals surface area contributed by atoms with Crippen molar-refractivity contribution in [3.8, 4) is 0 Å². The number of hydrogen-bond donors (Lipinski definition) is 1. The molecular weight excluding hydrogens is 266 g/mol. The van der Waals surface area contributed by atoms with Crippen molar-refractivity contribution >= 4 is 17.5 Å². The zero-order valence-electron chi connectivity index (χ0n) is 10.7. The van der Waals surface area contributed by atoms with Crippen molar-refractivity contribution in [2.75, 3.05) is 11.4 Å². The number of nitrogens with zero attached hydrogens (tertiary/aromatic N) is 1. The Morgan fingerprint density at radius 1 is 1.20 bits per heavy atom. The van der Waals surface area contributed by atoms with Crippen molar-refractivity contribution in [2.45, 2.75) is 25.3 Å². The van der Waals surface area contributed by atoms with Crippen molar-refractivity contribution in [2.24, 2.45) is 5.92 Å². The van der Waals surface area contributed by atoms with Crippen LogP contribution in [0.15, 0.2) is 18.2 Å². The van der Waals surface area contributed by atoms with Gasteiger partial charge in [0.25, 0.3) is 0 Å². The molecule has 1 aromatic carbocycles. The minimum Gasteiger partial charge on any atom is -0.344 e. The van der Waals surface area contributed by atoms with Gasteiger partial charge in [0.1, 0.15) is 17.7 Å². The number of rotatable bonds is 2. The van der Waals surface area contributed by atoms with Crippen LogP contribution in [0.4, 0.5) is 14.5 Å². The lowest BCUT2D eigenvalue weighted by molar-refractivity contribution is -0.126. The van der Waals surface area contributed by atoms with Gasteiger partial charge in [-0.05, 0) is 30.9 Å². The molecule has 1 heterocycles. The van der Waals surface area contributed by atoms with Gasteiger partial charge in [-0.3, -0.25) is 9.59 Å². The number of benzene rings is 1. The summed E-state index contributed by atoms with van der Waals surface area (Å²) in [7, 11) is 0. The van der Waals surface area contributed by atoms with Crippen LogP contribution in [0.5, 0.6) is 0 Å². The second-order valence-corrected chi connectivity index (χ2v) is 5.22. The molecule has 0 spiro atoms. The van der Waals surface area contributed by atoms with Gasteiger partial charge in [0.05, 0.1) is 5.69 Å². The number of nitrogens with one attached hydrogen (secondary N) is 1. The van der Waals surface area contributed by atoms with E-state index in [0.29, 0.717) is 0 Å². The first kappa shape index (κ1) is 13.0. The van der Waals surface area contributed by atoms with E-state index in [1.54, 1.807) is 0 Å². The second kappa shape index (κ2) is 4.85. The van der Waals surface area contributed by atoms with Crippen LogP contribution in [-0.2, 0) is 9.59 Å². The van der Waals surface area contributed by atoms with Gasteiger partial charge < -0.3 is 10.2 Å². The number of halogens is 2. The van der Waals surface area contributed by atoms with E-state index in [4.69, 9.17) is 0 Å². The first-order valence-corrected chi connectivity index (χ1v) is 6.62. The number of hydrogen-bond acceptors (Lipinski definition) is 2. The van der Waals surface area contributed by atoms with E-state index in [-0.39, 0.29) is 36.4 Å². The second-order valence-electron chi connectivity index (χ2n) is 5.22. The van der Waals surface area contributed by atoms with Gasteiger partial charge in [0, 0.05) is 19.0 Å². The van der Waals surface area contributed by atoms with Gasteiger partial charge in [-0.15, -0.1) is 0 Å². The summed E-state index contributed by atoms with van der Waals surface area (Å²) in [6.07, 6.45) is 1.83. The van der Waals surface area contributed by atoms with Gasteiger partial charge >= 0.3 is 0 Å². The highest BCUT2D eigenvalue weighted by Crippen LogP contribution is 2.35. The summed E-state index contributed by atoms with van der Waals surface area (Å²) < 4.78 is 27.1. The lowest BCUT2D eigenvalue weighted by Crippen LogP contribution is -2.46. The highest BCUT2D eigenvalue weighted by atomic mass is 19.1. The third-order valence-electron chi connectivity index (χ3n) is 3.70. The molecule has 1 unspecified atom stereocenters. The maximum atomic E-state index is 13.8. The van der Waals surface area contributed by atoms with Crippen molar-refractivity contribution in [1.29, 1.82) is 0 Å². The Labute approximate surface area is 114 Å². The zero-order valence-corrected chi connectivity index (χ0v) is 10.7. The molecule has 1 atom stereocenters. The summed E-state index contributed by atoms with van der Waals surface area (Å²) in [6, 6.07) is 2.37. The summed E-state index contributed by atoms with van der Waals surface area (Å²) in [5.74, 6) is -1.74. The summed E-state index contributed by atoms with van der Waals surface area (Å²) in [4.78, 5) is 25.3. The smallest absolute Gasteiger partial charge is 0.249 e. The molecule has 1 N–H and O–H groups in total. The van der Waals surface area contributed by atoms with E-state index in [2.05, 4.69) is 5.32 Å². The number of amides is 2. The quantitative estimate of drug-likeness (QED) is 0.894. The highest BCUT2D eigenvalue weighted by Gasteiger charge is 2.41. The SMILES string of the molecule is O=C1CCN(c2cc(F)ccc2F)C(=O)C(C2CC2)N1. The lowest BCUT2D eigenvalue weighted by Gasteiger charge is -2.24. The molecule has 1 saturated heterocycles. The number of carbonyl (C=O) groups is 2. The van der Waals surface area contributed by atoms with Gasteiger partial charge in [-0.2, -0.15) is 0 Å². The largest absolute Gasteiger partial charge is 0.344 e. The van der Waals surface area contributed by atoms with Crippen LogP contribution in [-0.4, -0.2) is 24.4 Å². The monoisotopic (exact) mass is 280 g/mol. The Kier molecular flexibility index (Phi) is 3.16. The average Bonchev–Trinajstić information content (AvgIpc) is 3.23. The fourth-order valence-electron chi connectivity index (χ4n) is 2.48. The zero-order chi connectivity index (χ0) is 14.3. The van der Waals surface area contributed by atoms with E-state index in [9.17, 15) is 18.4 Å². The molecule has 2 amide bonds. The fraction of sp³-hybridized carbons (Fsp3) is 0.429. The molecule has 1 aromatic rings. The minimum absolute atomic E-state index is 0.0637. The molecule has 0 bridgehead atoms. The van der Waals surface area contributed by atoms with E-state index in [1.165, 1.54) is 4.90 Å². The summed E-state index contributed by atoms with van der Waals surface area (Å²) in [5.41, 5.74) is -0.0999. The van der Waals surface area contributed by atoms with E-state index >= 15 is 0 Å². The van der Waals surface area contributed by atoms with Crippen LogP contribution in [0.25, 0.3) is 0 Å². The standard InChI is InChI=1S/C14H14F2N2O2/c15-9-3-4-10(16)11(7-9)18-6-5-12(19)17-13(14(18)20)8-1-2-8/h3-4,7-8,13H,1-2,5-6H2,(H,17,19). The molecule has 1 aliphatic carbocycles. The molecular formula is C14H14F2N2O2. The predicted octanol–water partition coefficient (Wildman–Crippen LogP) is 1.60. The molecule has 1 aliphatic heterocycles. The van der Waals surface area contributed by atoms with Gasteiger partial charge in [-0.1, -0.05) is 0 Å². The lowest BCUT2D eigenvalue weighted by atomic mass is 10.1. The third kappa shape index (κ3) is 2.37. The molecule has 3 rings (SSSR count). The number of carbonyl (C=O) groups excluding carboxylic acids is 2. The molecule has 20 heavy (non-hydrogen) atoms. The summed E-state index contributed by atoms with van der Waals surface area (Å²) in [6.45, 7) is 0.0637. The Balaban J connectivity index is 1.96. The first-order valence-electron chi connectivity index (χ1n) is 6.62. The normalized spacial score (nSPS) is 23.5. The van der Waals surface area contributed by atoms with Gasteiger partial charge in [0.15, 0.2) is 0 Å². The van der Waals surface area contributed by atoms with E-state index in [1.807, 2.05) is 0 Å². The Hall–Kier alpha value is -1.98. The Bertz CT molecular complexity index is 572.